The van der Waals surface area contributed by atoms with Gasteiger partial charge >= 0.3 is 0 Å². The number of pyridine rings is 1. The number of carbonyl (C=O) groups excluding carboxylic acids is 1. The standard InChI is InChI=1S/C13H22N4O/c1-9(13(18)15-3)8-17(4)12-6-11(7-14)5-10(2)16-12/h5-6,9H,7-8,14H2,1-4H3,(H,15,18). The third-order valence-electron chi connectivity index (χ3n) is 2.87. The first-order valence-corrected chi connectivity index (χ1v) is 6.08. The minimum absolute atomic E-state index is 0.0357. The molecule has 5 heteroatoms. The number of nitrogens with zero attached hydrogens (tertiary/aromatic N) is 2. The summed E-state index contributed by atoms with van der Waals surface area (Å²) >= 11 is 0. The van der Waals surface area contributed by atoms with Crippen molar-refractivity contribution in [1.82, 2.24) is 10.3 Å². The first-order chi connectivity index (χ1) is 8.47. The van der Waals surface area contributed by atoms with Crippen molar-refractivity contribution < 1.29 is 4.79 Å². The zero-order valence-corrected chi connectivity index (χ0v) is 11.5. The van der Waals surface area contributed by atoms with Crippen LogP contribution >= 0.6 is 0 Å². The van der Waals surface area contributed by atoms with Crippen LogP contribution in [-0.2, 0) is 11.3 Å². The molecule has 18 heavy (non-hydrogen) atoms. The van der Waals surface area contributed by atoms with Crippen LogP contribution in [0.1, 0.15) is 18.2 Å². The Hall–Kier alpha value is -1.62. The topological polar surface area (TPSA) is 71.2 Å². The summed E-state index contributed by atoms with van der Waals surface area (Å²) in [5.74, 6) is 0.809. The Labute approximate surface area is 108 Å². The quantitative estimate of drug-likeness (QED) is 0.805. The van der Waals surface area contributed by atoms with E-state index in [9.17, 15) is 4.79 Å². The lowest BCUT2D eigenvalue weighted by Crippen LogP contribution is -2.34. The van der Waals surface area contributed by atoms with Gasteiger partial charge in [0.05, 0.1) is 5.92 Å². The van der Waals surface area contributed by atoms with E-state index in [1.54, 1.807) is 7.05 Å². The molecule has 1 amide bonds. The van der Waals surface area contributed by atoms with Crippen LogP contribution in [0, 0.1) is 12.8 Å². The van der Waals surface area contributed by atoms with Crippen LogP contribution in [0.2, 0.25) is 0 Å². The van der Waals surface area contributed by atoms with E-state index in [-0.39, 0.29) is 11.8 Å². The molecule has 0 radical (unpaired) electrons. The molecule has 1 unspecified atom stereocenters. The summed E-state index contributed by atoms with van der Waals surface area (Å²) in [4.78, 5) is 17.9. The largest absolute Gasteiger partial charge is 0.359 e. The number of hydrogen-bond acceptors (Lipinski definition) is 4. The maximum atomic E-state index is 11.5. The Balaban J connectivity index is 2.80. The summed E-state index contributed by atoms with van der Waals surface area (Å²) in [5, 5.41) is 2.65. The number of carbonyl (C=O) groups is 1. The molecule has 1 rings (SSSR count). The molecule has 0 saturated carbocycles. The van der Waals surface area contributed by atoms with Gasteiger partial charge in [0.25, 0.3) is 0 Å². The average molecular weight is 250 g/mol. The molecule has 0 saturated heterocycles. The number of nitrogens with two attached hydrogens (primary N) is 1. The Bertz CT molecular complexity index is 419. The van der Waals surface area contributed by atoms with Gasteiger partial charge in [-0.2, -0.15) is 0 Å². The highest BCUT2D eigenvalue weighted by molar-refractivity contribution is 5.78. The second-order valence-electron chi connectivity index (χ2n) is 4.57. The molecule has 100 valence electrons. The molecule has 1 aromatic heterocycles. The van der Waals surface area contributed by atoms with E-state index in [2.05, 4.69) is 10.3 Å². The predicted octanol–water partition coefficient (Wildman–Crippen LogP) is 0.667. The van der Waals surface area contributed by atoms with E-state index >= 15 is 0 Å². The van der Waals surface area contributed by atoms with Crippen molar-refractivity contribution in [2.24, 2.45) is 11.7 Å². The third-order valence-corrected chi connectivity index (χ3v) is 2.87. The van der Waals surface area contributed by atoms with Crippen molar-refractivity contribution in [3.63, 3.8) is 0 Å². The molecule has 5 nitrogen and oxygen atoms in total. The predicted molar refractivity (Wildman–Crippen MR) is 73.4 cm³/mol. The normalized spacial score (nSPS) is 12.1. The summed E-state index contributed by atoms with van der Waals surface area (Å²) in [7, 11) is 3.58. The van der Waals surface area contributed by atoms with E-state index in [1.807, 2.05) is 37.9 Å². The van der Waals surface area contributed by atoms with Crippen molar-refractivity contribution in [3.05, 3.63) is 23.4 Å². The van der Waals surface area contributed by atoms with Crippen LogP contribution in [0.25, 0.3) is 0 Å². The zero-order chi connectivity index (χ0) is 13.7. The van der Waals surface area contributed by atoms with Gasteiger partial charge in [-0.25, -0.2) is 4.98 Å². The highest BCUT2D eigenvalue weighted by Gasteiger charge is 2.15. The molecule has 1 atom stereocenters. The second kappa shape index (κ2) is 6.35. The van der Waals surface area contributed by atoms with Gasteiger partial charge in [0.15, 0.2) is 0 Å². The zero-order valence-electron chi connectivity index (χ0n) is 11.5. The van der Waals surface area contributed by atoms with Crippen LogP contribution in [0.4, 0.5) is 5.82 Å². The molecular formula is C13H22N4O. The minimum Gasteiger partial charge on any atom is -0.359 e. The molecule has 0 spiro atoms. The van der Waals surface area contributed by atoms with Gasteiger partial charge in [0.1, 0.15) is 5.82 Å². The molecule has 1 aromatic rings. The summed E-state index contributed by atoms with van der Waals surface area (Å²) in [6.45, 7) is 4.96. The molecule has 0 aliphatic heterocycles. The fraction of sp³-hybridized carbons (Fsp3) is 0.538. The van der Waals surface area contributed by atoms with Gasteiger partial charge in [-0.15, -0.1) is 0 Å². The fourth-order valence-electron chi connectivity index (χ4n) is 1.87. The highest BCUT2D eigenvalue weighted by atomic mass is 16.1. The van der Waals surface area contributed by atoms with Crippen molar-refractivity contribution in [3.8, 4) is 0 Å². The molecule has 0 aromatic carbocycles. The van der Waals surface area contributed by atoms with Gasteiger partial charge in [0.2, 0.25) is 5.91 Å². The molecule has 0 bridgehead atoms. The van der Waals surface area contributed by atoms with Crippen molar-refractivity contribution in [2.45, 2.75) is 20.4 Å². The Kier molecular flexibility index (Phi) is 5.09. The van der Waals surface area contributed by atoms with E-state index in [4.69, 9.17) is 5.73 Å². The number of rotatable bonds is 5. The summed E-state index contributed by atoms with van der Waals surface area (Å²) in [5.41, 5.74) is 7.64. The van der Waals surface area contributed by atoms with Crippen LogP contribution < -0.4 is 16.0 Å². The smallest absolute Gasteiger partial charge is 0.224 e. The Morgan fingerprint density at radius 1 is 1.56 bits per heavy atom. The lowest BCUT2D eigenvalue weighted by Gasteiger charge is -2.22. The number of amides is 1. The number of aryl methyl sites for hydroxylation is 1. The van der Waals surface area contributed by atoms with Gasteiger partial charge in [0, 0.05) is 32.9 Å². The summed E-state index contributed by atoms with van der Waals surface area (Å²) in [6.07, 6.45) is 0. The SMILES string of the molecule is CNC(=O)C(C)CN(C)c1cc(CN)cc(C)n1. The van der Waals surface area contributed by atoms with Gasteiger partial charge in [-0.1, -0.05) is 6.92 Å². The van der Waals surface area contributed by atoms with E-state index in [1.165, 1.54) is 0 Å². The van der Waals surface area contributed by atoms with Crippen molar-refractivity contribution >= 4 is 11.7 Å². The fourth-order valence-corrected chi connectivity index (χ4v) is 1.87. The van der Waals surface area contributed by atoms with Crippen LogP contribution in [0.15, 0.2) is 12.1 Å². The summed E-state index contributed by atoms with van der Waals surface area (Å²) in [6, 6.07) is 3.93. The molecular weight excluding hydrogens is 228 g/mol. The lowest BCUT2D eigenvalue weighted by molar-refractivity contribution is -0.123. The lowest BCUT2D eigenvalue weighted by atomic mass is 10.1. The second-order valence-corrected chi connectivity index (χ2v) is 4.57. The van der Waals surface area contributed by atoms with E-state index < -0.39 is 0 Å². The monoisotopic (exact) mass is 250 g/mol. The van der Waals surface area contributed by atoms with E-state index in [0.717, 1.165) is 17.1 Å². The first-order valence-electron chi connectivity index (χ1n) is 6.08. The van der Waals surface area contributed by atoms with Gasteiger partial charge in [-0.3, -0.25) is 4.79 Å². The maximum absolute atomic E-state index is 11.5. The van der Waals surface area contributed by atoms with Crippen molar-refractivity contribution in [1.29, 1.82) is 0 Å². The molecule has 0 aliphatic rings. The Morgan fingerprint density at radius 3 is 2.78 bits per heavy atom. The van der Waals surface area contributed by atoms with Gasteiger partial charge < -0.3 is 16.0 Å². The van der Waals surface area contributed by atoms with Gasteiger partial charge in [-0.05, 0) is 24.6 Å². The minimum atomic E-state index is -0.0800. The third kappa shape index (κ3) is 3.70. The highest BCUT2D eigenvalue weighted by Crippen LogP contribution is 2.14. The average Bonchev–Trinajstić information content (AvgIpc) is 2.36. The summed E-state index contributed by atoms with van der Waals surface area (Å²) < 4.78 is 0. The number of aromatic nitrogens is 1. The molecule has 0 fully saturated rings. The Morgan fingerprint density at radius 2 is 2.22 bits per heavy atom. The van der Waals surface area contributed by atoms with Crippen LogP contribution in [0.3, 0.4) is 0 Å². The molecule has 1 heterocycles. The number of anilines is 1. The number of hydrogen-bond donors (Lipinski definition) is 2. The van der Waals surface area contributed by atoms with Crippen molar-refractivity contribution in [2.75, 3.05) is 25.5 Å². The van der Waals surface area contributed by atoms with Crippen LogP contribution in [0.5, 0.6) is 0 Å². The number of nitrogens with one attached hydrogen (secondary N) is 1. The molecule has 3 N–H and O–H groups in total. The molecule has 0 aliphatic carbocycles. The van der Waals surface area contributed by atoms with Crippen LogP contribution in [-0.4, -0.2) is 31.5 Å². The maximum Gasteiger partial charge on any atom is 0.224 e. The first kappa shape index (κ1) is 14.4. The van der Waals surface area contributed by atoms with E-state index in [0.29, 0.717) is 13.1 Å².